The predicted octanol–water partition coefficient (Wildman–Crippen LogP) is 3.39. The lowest BCUT2D eigenvalue weighted by Crippen LogP contribution is -2.45. The number of hydrogen-bond acceptors (Lipinski definition) is 8. The molecule has 1 atom stereocenters. The first kappa shape index (κ1) is 19.6. The summed E-state index contributed by atoms with van der Waals surface area (Å²) in [6, 6.07) is 7.56. The first-order valence-electron chi connectivity index (χ1n) is 10.6. The third-order valence-corrected chi connectivity index (χ3v) is 5.75. The largest absolute Gasteiger partial charge is 0.476 e. The number of carbonyl (C=O) groups is 1. The first-order valence-corrected chi connectivity index (χ1v) is 10.6. The molecule has 4 heterocycles. The zero-order chi connectivity index (χ0) is 21.6. The van der Waals surface area contributed by atoms with Gasteiger partial charge in [-0.05, 0) is 51.3 Å². The maximum absolute atomic E-state index is 12.2. The van der Waals surface area contributed by atoms with Gasteiger partial charge in [0.2, 0.25) is 5.95 Å². The fourth-order valence-electron chi connectivity index (χ4n) is 3.97. The van der Waals surface area contributed by atoms with Gasteiger partial charge in [-0.1, -0.05) is 0 Å². The highest BCUT2D eigenvalue weighted by Crippen LogP contribution is 2.36. The summed E-state index contributed by atoms with van der Waals surface area (Å²) in [7, 11) is 0. The molecule has 4 N–H and O–H groups in total. The first-order chi connectivity index (χ1) is 14.9. The number of fused-ring (bicyclic) bond motifs is 2. The van der Waals surface area contributed by atoms with E-state index in [0.717, 1.165) is 49.4 Å². The zero-order valence-electron chi connectivity index (χ0n) is 17.6. The number of furan rings is 1. The van der Waals surface area contributed by atoms with Crippen molar-refractivity contribution in [1.82, 2.24) is 9.97 Å². The van der Waals surface area contributed by atoms with Crippen molar-refractivity contribution in [3.8, 4) is 5.75 Å². The minimum absolute atomic E-state index is 0.185. The maximum atomic E-state index is 12.2. The van der Waals surface area contributed by atoms with Gasteiger partial charge in [-0.3, -0.25) is 4.79 Å². The smallest absolute Gasteiger partial charge is 0.268 e. The zero-order valence-corrected chi connectivity index (χ0v) is 17.6. The van der Waals surface area contributed by atoms with Crippen molar-refractivity contribution in [1.29, 1.82) is 0 Å². The molecule has 3 aromatic rings. The lowest BCUT2D eigenvalue weighted by molar-refractivity contribution is -0.129. The van der Waals surface area contributed by atoms with Gasteiger partial charge in [0.25, 0.3) is 5.91 Å². The summed E-state index contributed by atoms with van der Waals surface area (Å²) in [6.07, 6.45) is 4.56. The summed E-state index contributed by atoms with van der Waals surface area (Å²) < 4.78 is 11.5. The molecule has 0 bridgehead atoms. The number of amides is 1. The van der Waals surface area contributed by atoms with Crippen molar-refractivity contribution in [2.24, 2.45) is 5.73 Å². The number of ether oxygens (including phenoxy) is 1. The average molecular weight is 422 g/mol. The van der Waals surface area contributed by atoms with Crippen LogP contribution in [0.15, 0.2) is 34.9 Å². The molecule has 0 spiro atoms. The number of nitrogens with zero attached hydrogens (tertiary/aromatic N) is 3. The van der Waals surface area contributed by atoms with E-state index in [0.29, 0.717) is 23.0 Å². The molecule has 9 nitrogen and oxygen atoms in total. The van der Waals surface area contributed by atoms with Crippen LogP contribution in [0.2, 0.25) is 0 Å². The van der Waals surface area contributed by atoms with Crippen LogP contribution in [0.4, 0.5) is 23.1 Å². The summed E-state index contributed by atoms with van der Waals surface area (Å²) in [6.45, 7) is 5.18. The third-order valence-electron chi connectivity index (χ3n) is 5.75. The lowest BCUT2D eigenvalue weighted by atomic mass is 10.1. The molecule has 162 valence electrons. The topological polar surface area (TPSA) is 119 Å². The summed E-state index contributed by atoms with van der Waals surface area (Å²) in [5, 5.41) is 6.15. The van der Waals surface area contributed by atoms with Gasteiger partial charge in [-0.25, -0.2) is 4.98 Å². The highest BCUT2D eigenvalue weighted by atomic mass is 16.5. The van der Waals surface area contributed by atoms with Gasteiger partial charge in [0.05, 0.1) is 12.0 Å². The Kier molecular flexibility index (Phi) is 4.70. The highest BCUT2D eigenvalue weighted by molar-refractivity contribution is 6.00. The molecule has 2 aliphatic rings. The van der Waals surface area contributed by atoms with Gasteiger partial charge < -0.3 is 30.4 Å². The van der Waals surface area contributed by atoms with E-state index >= 15 is 0 Å². The van der Waals surface area contributed by atoms with E-state index in [4.69, 9.17) is 19.9 Å². The minimum Gasteiger partial charge on any atom is -0.476 e. The van der Waals surface area contributed by atoms with Crippen LogP contribution in [0.3, 0.4) is 0 Å². The van der Waals surface area contributed by atoms with Crippen molar-refractivity contribution < 1.29 is 13.9 Å². The average Bonchev–Trinajstić information content (AvgIpc) is 3.09. The normalized spacial score (nSPS) is 20.5. The van der Waals surface area contributed by atoms with E-state index in [1.807, 2.05) is 24.3 Å². The van der Waals surface area contributed by atoms with Crippen LogP contribution >= 0.6 is 0 Å². The Balaban J connectivity index is 1.45. The van der Waals surface area contributed by atoms with Crippen molar-refractivity contribution in [3.63, 3.8) is 0 Å². The SMILES string of the molecule is CC1(C)Oc2ccc(Nc3nc(N4CCCC(N)CC4)c4occc4n3)cc2NC1=O. The molecular formula is C22H26N6O3. The number of aromatic nitrogens is 2. The Morgan fingerprint density at radius 1 is 1.23 bits per heavy atom. The molecule has 2 aliphatic heterocycles. The molecule has 2 aromatic heterocycles. The van der Waals surface area contributed by atoms with Crippen molar-refractivity contribution in [3.05, 3.63) is 30.5 Å². The molecule has 1 amide bonds. The van der Waals surface area contributed by atoms with Crippen LogP contribution in [-0.4, -0.2) is 40.6 Å². The molecule has 1 fully saturated rings. The van der Waals surface area contributed by atoms with Crippen molar-refractivity contribution in [2.45, 2.75) is 44.8 Å². The number of nitrogens with one attached hydrogen (secondary N) is 2. The number of rotatable bonds is 3. The second-order valence-electron chi connectivity index (χ2n) is 8.59. The molecule has 5 rings (SSSR count). The van der Waals surface area contributed by atoms with Crippen molar-refractivity contribution >= 4 is 40.1 Å². The molecular weight excluding hydrogens is 396 g/mol. The van der Waals surface area contributed by atoms with Gasteiger partial charge in [-0.15, -0.1) is 0 Å². The fourth-order valence-corrected chi connectivity index (χ4v) is 3.97. The summed E-state index contributed by atoms with van der Waals surface area (Å²) in [5.41, 5.74) is 8.01. The lowest BCUT2D eigenvalue weighted by Gasteiger charge is -2.31. The van der Waals surface area contributed by atoms with E-state index in [-0.39, 0.29) is 11.9 Å². The molecule has 1 unspecified atom stereocenters. The quantitative estimate of drug-likeness (QED) is 0.588. The standard InChI is InChI=1S/C22H26N6O3/c1-22(2)20(29)25-16-12-14(5-6-17(16)31-22)24-21-26-15-8-11-30-18(15)19(27-21)28-9-3-4-13(23)7-10-28/h5-6,8,11-13H,3-4,7,9-10,23H2,1-2H3,(H,25,29)(H,24,26,27). The Hall–Kier alpha value is -3.33. The monoisotopic (exact) mass is 422 g/mol. The number of anilines is 4. The Bertz CT molecular complexity index is 1140. The van der Waals surface area contributed by atoms with Crippen LogP contribution in [0.25, 0.3) is 11.1 Å². The number of benzene rings is 1. The molecule has 1 aromatic carbocycles. The number of hydrogen-bond donors (Lipinski definition) is 3. The van der Waals surface area contributed by atoms with Crippen LogP contribution in [0, 0.1) is 0 Å². The predicted molar refractivity (Wildman–Crippen MR) is 119 cm³/mol. The number of carbonyl (C=O) groups excluding carboxylic acids is 1. The Morgan fingerprint density at radius 3 is 2.97 bits per heavy atom. The Morgan fingerprint density at radius 2 is 2.10 bits per heavy atom. The van der Waals surface area contributed by atoms with Gasteiger partial charge in [0.1, 0.15) is 11.3 Å². The molecule has 9 heteroatoms. The van der Waals surface area contributed by atoms with Crippen LogP contribution in [0.5, 0.6) is 5.75 Å². The summed E-state index contributed by atoms with van der Waals surface area (Å²) in [4.78, 5) is 23.8. The molecule has 0 saturated carbocycles. The third kappa shape index (κ3) is 3.76. The molecule has 1 saturated heterocycles. The van der Waals surface area contributed by atoms with Crippen LogP contribution < -0.4 is 26.0 Å². The highest BCUT2D eigenvalue weighted by Gasteiger charge is 2.35. The van der Waals surface area contributed by atoms with Crippen molar-refractivity contribution in [2.75, 3.05) is 28.6 Å². The van der Waals surface area contributed by atoms with E-state index in [9.17, 15) is 4.79 Å². The van der Waals surface area contributed by atoms with Gasteiger partial charge >= 0.3 is 0 Å². The second kappa shape index (κ2) is 7.42. The minimum atomic E-state index is -0.901. The molecule has 0 radical (unpaired) electrons. The van der Waals surface area contributed by atoms with Gasteiger partial charge in [0.15, 0.2) is 17.0 Å². The molecule has 31 heavy (non-hydrogen) atoms. The molecule has 0 aliphatic carbocycles. The maximum Gasteiger partial charge on any atom is 0.268 e. The van der Waals surface area contributed by atoms with Crippen LogP contribution in [-0.2, 0) is 4.79 Å². The van der Waals surface area contributed by atoms with Crippen LogP contribution in [0.1, 0.15) is 33.1 Å². The van der Waals surface area contributed by atoms with Gasteiger partial charge in [0, 0.05) is 30.9 Å². The van der Waals surface area contributed by atoms with E-state index < -0.39 is 5.60 Å². The van der Waals surface area contributed by atoms with E-state index in [1.54, 1.807) is 20.1 Å². The summed E-state index contributed by atoms with van der Waals surface area (Å²) >= 11 is 0. The van der Waals surface area contributed by atoms with E-state index in [2.05, 4.69) is 20.5 Å². The number of nitrogens with two attached hydrogens (primary N) is 1. The Labute approximate surface area is 180 Å². The van der Waals surface area contributed by atoms with E-state index in [1.165, 1.54) is 0 Å². The second-order valence-corrected chi connectivity index (χ2v) is 8.59. The van der Waals surface area contributed by atoms with Gasteiger partial charge in [-0.2, -0.15) is 4.98 Å². The fraction of sp³-hybridized carbons (Fsp3) is 0.409. The summed E-state index contributed by atoms with van der Waals surface area (Å²) in [5.74, 6) is 1.67.